The highest BCUT2D eigenvalue weighted by Gasteiger charge is 2.31. The Labute approximate surface area is 160 Å². The Bertz CT molecular complexity index is 807. The molecule has 2 aromatic carbocycles. The summed E-state index contributed by atoms with van der Waals surface area (Å²) in [5, 5.41) is 14.6. The first-order chi connectivity index (χ1) is 12.6. The lowest BCUT2D eigenvalue weighted by atomic mass is 9.98. The molecule has 0 amide bonds. The van der Waals surface area contributed by atoms with Crippen LogP contribution >= 0.6 is 0 Å². The predicted octanol–water partition coefficient (Wildman–Crippen LogP) is 4.31. The summed E-state index contributed by atoms with van der Waals surface area (Å²) >= 11 is 0. The lowest BCUT2D eigenvalue weighted by molar-refractivity contribution is -0.158. The minimum absolute atomic E-state index is 0.175. The monoisotopic (exact) mass is 371 g/mol. The maximum absolute atomic E-state index is 12.9. The maximum atomic E-state index is 12.9. The Morgan fingerprint density at radius 3 is 2.26 bits per heavy atom. The average molecular weight is 371 g/mol. The molecule has 2 rings (SSSR count). The lowest BCUT2D eigenvalue weighted by Crippen LogP contribution is -2.44. The first kappa shape index (κ1) is 20.9. The van der Waals surface area contributed by atoms with Crippen LogP contribution in [0.15, 0.2) is 42.5 Å². The van der Waals surface area contributed by atoms with Gasteiger partial charge in [0, 0.05) is 0 Å². The number of nitrogens with one attached hydrogen (secondary N) is 1. The Hall–Kier alpha value is -2.40. The standard InChI is InChI=1S/C22H29NO4/c1-14(2)12-18(20(24)25)23-19(21(26)27-22(3,4)5)17-11-10-15-8-6-7-9-16(15)13-17/h6-11,13-14,18-19,23H,12H2,1-5H3,(H,24,25)/t18?,19-/m0/s1. The van der Waals surface area contributed by atoms with Crippen LogP contribution in [-0.4, -0.2) is 28.7 Å². The molecule has 0 bridgehead atoms. The number of ether oxygens (including phenoxy) is 1. The number of carbonyl (C=O) groups excluding carboxylic acids is 1. The van der Waals surface area contributed by atoms with Crippen LogP contribution in [0.1, 0.15) is 52.6 Å². The number of carboxylic acids is 1. The Morgan fingerprint density at radius 2 is 1.70 bits per heavy atom. The summed E-state index contributed by atoms with van der Waals surface area (Å²) in [6.45, 7) is 9.30. The molecule has 5 heteroatoms. The van der Waals surface area contributed by atoms with E-state index in [0.717, 1.165) is 10.8 Å². The summed E-state index contributed by atoms with van der Waals surface area (Å²) < 4.78 is 5.56. The smallest absolute Gasteiger partial charge is 0.328 e. The molecule has 1 unspecified atom stereocenters. The molecule has 0 aliphatic heterocycles. The fourth-order valence-corrected chi connectivity index (χ4v) is 2.96. The van der Waals surface area contributed by atoms with Crippen LogP contribution in [0.25, 0.3) is 10.8 Å². The summed E-state index contributed by atoms with van der Waals surface area (Å²) in [6.07, 6.45) is 0.419. The normalized spacial score (nSPS) is 14.1. The zero-order valence-electron chi connectivity index (χ0n) is 16.7. The van der Waals surface area contributed by atoms with Crippen molar-refractivity contribution >= 4 is 22.7 Å². The Morgan fingerprint density at radius 1 is 1.07 bits per heavy atom. The van der Waals surface area contributed by atoms with Gasteiger partial charge in [0.25, 0.3) is 0 Å². The van der Waals surface area contributed by atoms with Crippen LogP contribution in [0.2, 0.25) is 0 Å². The number of esters is 1. The van der Waals surface area contributed by atoms with Gasteiger partial charge in [-0.05, 0) is 55.5 Å². The van der Waals surface area contributed by atoms with Gasteiger partial charge >= 0.3 is 11.9 Å². The molecule has 2 aromatic rings. The van der Waals surface area contributed by atoms with Crippen molar-refractivity contribution in [3.63, 3.8) is 0 Å². The summed E-state index contributed by atoms with van der Waals surface area (Å²) in [7, 11) is 0. The molecule has 0 fully saturated rings. The number of fused-ring (bicyclic) bond motifs is 1. The van der Waals surface area contributed by atoms with Crippen molar-refractivity contribution in [1.82, 2.24) is 5.32 Å². The Balaban J connectivity index is 2.40. The number of carboxylic acid groups (broad SMARTS) is 1. The number of rotatable bonds is 7. The van der Waals surface area contributed by atoms with Crippen molar-refractivity contribution in [2.24, 2.45) is 5.92 Å². The van der Waals surface area contributed by atoms with E-state index < -0.39 is 29.6 Å². The van der Waals surface area contributed by atoms with Crippen molar-refractivity contribution in [2.75, 3.05) is 0 Å². The molecule has 0 spiro atoms. The highest BCUT2D eigenvalue weighted by Crippen LogP contribution is 2.24. The topological polar surface area (TPSA) is 75.6 Å². The van der Waals surface area contributed by atoms with Gasteiger partial charge < -0.3 is 9.84 Å². The van der Waals surface area contributed by atoms with Crippen LogP contribution in [0.3, 0.4) is 0 Å². The van der Waals surface area contributed by atoms with E-state index in [4.69, 9.17) is 4.74 Å². The fourth-order valence-electron chi connectivity index (χ4n) is 2.96. The second-order valence-corrected chi connectivity index (χ2v) is 8.26. The van der Waals surface area contributed by atoms with E-state index >= 15 is 0 Å². The van der Waals surface area contributed by atoms with Crippen molar-refractivity contribution in [3.8, 4) is 0 Å². The van der Waals surface area contributed by atoms with Gasteiger partial charge in [0.2, 0.25) is 0 Å². The number of hydrogen-bond acceptors (Lipinski definition) is 4. The maximum Gasteiger partial charge on any atom is 0.328 e. The molecule has 0 aliphatic rings. The van der Waals surface area contributed by atoms with E-state index in [0.29, 0.717) is 12.0 Å². The first-order valence-corrected chi connectivity index (χ1v) is 9.27. The molecule has 2 N–H and O–H groups in total. The van der Waals surface area contributed by atoms with Gasteiger partial charge in [-0.3, -0.25) is 10.1 Å². The second-order valence-electron chi connectivity index (χ2n) is 8.26. The largest absolute Gasteiger partial charge is 0.480 e. The second kappa shape index (κ2) is 8.53. The highest BCUT2D eigenvalue weighted by molar-refractivity contribution is 5.86. The SMILES string of the molecule is CC(C)CC(N[C@H](C(=O)OC(C)(C)C)c1ccc2ccccc2c1)C(=O)O. The first-order valence-electron chi connectivity index (χ1n) is 9.27. The third-order valence-electron chi connectivity index (χ3n) is 4.12. The van der Waals surface area contributed by atoms with E-state index in [1.165, 1.54) is 0 Å². The number of hydrogen-bond donors (Lipinski definition) is 2. The molecule has 5 nitrogen and oxygen atoms in total. The van der Waals surface area contributed by atoms with Crippen LogP contribution in [-0.2, 0) is 14.3 Å². The molecule has 0 radical (unpaired) electrons. The van der Waals surface area contributed by atoms with Gasteiger partial charge in [-0.15, -0.1) is 0 Å². The molecule has 0 heterocycles. The molecule has 0 aliphatic carbocycles. The molecule has 0 saturated carbocycles. The molecular weight excluding hydrogens is 342 g/mol. The molecular formula is C22H29NO4. The van der Waals surface area contributed by atoms with E-state index in [2.05, 4.69) is 5.32 Å². The van der Waals surface area contributed by atoms with Crippen LogP contribution in [0, 0.1) is 5.92 Å². The molecule has 2 atom stereocenters. The third-order valence-corrected chi connectivity index (χ3v) is 4.12. The highest BCUT2D eigenvalue weighted by atomic mass is 16.6. The van der Waals surface area contributed by atoms with E-state index in [1.54, 1.807) is 20.8 Å². The van der Waals surface area contributed by atoms with Crippen LogP contribution in [0.5, 0.6) is 0 Å². The molecule has 0 saturated heterocycles. The summed E-state index contributed by atoms with van der Waals surface area (Å²) in [4.78, 5) is 24.6. The molecule has 146 valence electrons. The van der Waals surface area contributed by atoms with Gasteiger partial charge in [0.1, 0.15) is 17.7 Å². The van der Waals surface area contributed by atoms with Gasteiger partial charge in [-0.1, -0.05) is 50.2 Å². The van der Waals surface area contributed by atoms with Gasteiger partial charge in [-0.2, -0.15) is 0 Å². The third kappa shape index (κ3) is 6.07. The lowest BCUT2D eigenvalue weighted by Gasteiger charge is -2.27. The van der Waals surface area contributed by atoms with Gasteiger partial charge in [0.15, 0.2) is 0 Å². The van der Waals surface area contributed by atoms with E-state index in [-0.39, 0.29) is 5.92 Å². The van der Waals surface area contributed by atoms with Crippen molar-refractivity contribution in [2.45, 2.75) is 58.7 Å². The molecule has 27 heavy (non-hydrogen) atoms. The summed E-state index contributed by atoms with van der Waals surface area (Å²) in [5.41, 5.74) is 0.0305. The van der Waals surface area contributed by atoms with Crippen LogP contribution < -0.4 is 5.32 Å². The zero-order chi connectivity index (χ0) is 20.2. The predicted molar refractivity (Wildman–Crippen MR) is 107 cm³/mol. The molecule has 0 aromatic heterocycles. The van der Waals surface area contributed by atoms with E-state index in [1.807, 2.05) is 56.3 Å². The van der Waals surface area contributed by atoms with Crippen LogP contribution in [0.4, 0.5) is 0 Å². The summed E-state index contributed by atoms with van der Waals surface area (Å²) in [6, 6.07) is 11.8. The van der Waals surface area contributed by atoms with Gasteiger partial charge in [-0.25, -0.2) is 4.79 Å². The van der Waals surface area contributed by atoms with Crippen molar-refractivity contribution in [1.29, 1.82) is 0 Å². The van der Waals surface area contributed by atoms with Gasteiger partial charge in [0.05, 0.1) is 0 Å². The quantitative estimate of drug-likeness (QED) is 0.709. The van der Waals surface area contributed by atoms with E-state index in [9.17, 15) is 14.7 Å². The van der Waals surface area contributed by atoms with Crippen molar-refractivity contribution < 1.29 is 19.4 Å². The van der Waals surface area contributed by atoms with Crippen molar-refractivity contribution in [3.05, 3.63) is 48.0 Å². The fraction of sp³-hybridized carbons (Fsp3) is 0.455. The summed E-state index contributed by atoms with van der Waals surface area (Å²) in [5.74, 6) is -1.28. The zero-order valence-corrected chi connectivity index (χ0v) is 16.7. The minimum atomic E-state index is -0.974. The number of benzene rings is 2. The Kier molecular flexibility index (Phi) is 6.60. The number of aliphatic carboxylic acids is 1. The number of carbonyl (C=O) groups is 2. The average Bonchev–Trinajstić information content (AvgIpc) is 2.56. The minimum Gasteiger partial charge on any atom is -0.480 e.